The summed E-state index contributed by atoms with van der Waals surface area (Å²) in [6.45, 7) is 1.36. The molecule has 7 nitrogen and oxygen atoms in total. The molecule has 0 radical (unpaired) electrons. The number of rotatable bonds is 5. The van der Waals surface area contributed by atoms with Crippen LogP contribution < -0.4 is 5.32 Å². The summed E-state index contributed by atoms with van der Waals surface area (Å²) in [7, 11) is 1.56. The summed E-state index contributed by atoms with van der Waals surface area (Å²) < 4.78 is 18.3. The molecule has 0 bridgehead atoms. The Morgan fingerprint density at radius 3 is 2.58 bits per heavy atom. The maximum absolute atomic E-state index is 13.1. The van der Waals surface area contributed by atoms with Crippen molar-refractivity contribution in [2.75, 3.05) is 13.6 Å². The van der Waals surface area contributed by atoms with E-state index in [4.69, 9.17) is 4.42 Å². The van der Waals surface area contributed by atoms with Gasteiger partial charge >= 0.3 is 6.03 Å². The van der Waals surface area contributed by atoms with Crippen molar-refractivity contribution in [3.63, 3.8) is 0 Å². The molecule has 8 heteroatoms. The molecular weight excluding hydrogens is 341 g/mol. The van der Waals surface area contributed by atoms with Crippen LogP contribution in [0.3, 0.4) is 0 Å². The average Bonchev–Trinajstić information content (AvgIpc) is 3.18. The summed E-state index contributed by atoms with van der Waals surface area (Å²) in [5.74, 6) is -0.822. The standard InChI is InChI=1S/C18H18FN3O4/c1-18(12-5-7-13(19)8-6-12)16(24)22(17(25)20-18)11-15(23)21(2)10-14-4-3-9-26-14/h3-9H,10-11H2,1-2H3,(H,20,25)/t18-/m1/s1. The predicted octanol–water partition coefficient (Wildman–Crippen LogP) is 1.84. The number of halogens is 1. The number of nitrogens with one attached hydrogen (secondary N) is 1. The summed E-state index contributed by atoms with van der Waals surface area (Å²) in [5, 5.41) is 2.58. The Balaban J connectivity index is 1.72. The van der Waals surface area contributed by atoms with Crippen LogP contribution in [-0.2, 0) is 21.7 Å². The molecule has 1 aromatic carbocycles. The molecule has 0 spiro atoms. The van der Waals surface area contributed by atoms with Gasteiger partial charge in [0.05, 0.1) is 12.8 Å². The minimum Gasteiger partial charge on any atom is -0.467 e. The van der Waals surface area contributed by atoms with E-state index < -0.39 is 35.7 Å². The molecule has 1 aliphatic rings. The fourth-order valence-corrected chi connectivity index (χ4v) is 2.80. The van der Waals surface area contributed by atoms with Crippen molar-refractivity contribution in [1.82, 2.24) is 15.1 Å². The number of imide groups is 1. The maximum Gasteiger partial charge on any atom is 0.325 e. The quantitative estimate of drug-likeness (QED) is 0.826. The number of carbonyl (C=O) groups excluding carboxylic acids is 3. The van der Waals surface area contributed by atoms with E-state index in [1.807, 2.05) is 0 Å². The molecule has 0 unspecified atom stereocenters. The van der Waals surface area contributed by atoms with E-state index in [-0.39, 0.29) is 6.54 Å². The van der Waals surface area contributed by atoms with Crippen LogP contribution in [0.2, 0.25) is 0 Å². The van der Waals surface area contributed by atoms with E-state index in [0.29, 0.717) is 11.3 Å². The van der Waals surface area contributed by atoms with Crippen LogP contribution in [0.5, 0.6) is 0 Å². The average molecular weight is 359 g/mol. The van der Waals surface area contributed by atoms with Gasteiger partial charge < -0.3 is 14.6 Å². The van der Waals surface area contributed by atoms with Gasteiger partial charge in [-0.25, -0.2) is 9.18 Å². The molecule has 1 saturated heterocycles. The topological polar surface area (TPSA) is 82.9 Å². The van der Waals surface area contributed by atoms with E-state index in [1.54, 1.807) is 19.2 Å². The van der Waals surface area contributed by atoms with Crippen molar-refractivity contribution in [2.24, 2.45) is 0 Å². The lowest BCUT2D eigenvalue weighted by molar-refractivity contribution is -0.138. The number of likely N-dealkylation sites (N-methyl/N-ethyl adjacent to an activating group) is 1. The molecule has 26 heavy (non-hydrogen) atoms. The Morgan fingerprint density at radius 2 is 1.96 bits per heavy atom. The third-order valence-electron chi connectivity index (χ3n) is 4.39. The Bertz CT molecular complexity index is 835. The zero-order chi connectivity index (χ0) is 18.9. The molecule has 1 aromatic heterocycles. The summed E-state index contributed by atoms with van der Waals surface area (Å²) in [6, 6.07) is 8.06. The highest BCUT2D eigenvalue weighted by molar-refractivity contribution is 6.09. The molecule has 3 rings (SSSR count). The molecule has 0 aliphatic carbocycles. The number of benzene rings is 1. The highest BCUT2D eigenvalue weighted by atomic mass is 19.1. The lowest BCUT2D eigenvalue weighted by Gasteiger charge is -2.23. The third-order valence-corrected chi connectivity index (χ3v) is 4.39. The van der Waals surface area contributed by atoms with E-state index in [9.17, 15) is 18.8 Å². The van der Waals surface area contributed by atoms with E-state index in [1.165, 1.54) is 42.4 Å². The molecule has 2 heterocycles. The number of furan rings is 1. The van der Waals surface area contributed by atoms with Crippen molar-refractivity contribution in [3.8, 4) is 0 Å². The van der Waals surface area contributed by atoms with Gasteiger partial charge in [-0.15, -0.1) is 0 Å². The molecular formula is C18H18FN3O4. The van der Waals surface area contributed by atoms with Crippen LogP contribution in [0.15, 0.2) is 47.1 Å². The molecule has 1 aliphatic heterocycles. The van der Waals surface area contributed by atoms with E-state index in [2.05, 4.69) is 5.32 Å². The number of amides is 4. The Morgan fingerprint density at radius 1 is 1.27 bits per heavy atom. The van der Waals surface area contributed by atoms with Gasteiger partial charge in [-0.05, 0) is 36.8 Å². The van der Waals surface area contributed by atoms with Crippen LogP contribution in [0.4, 0.5) is 9.18 Å². The molecule has 4 amide bonds. The second-order valence-corrected chi connectivity index (χ2v) is 6.28. The van der Waals surface area contributed by atoms with Gasteiger partial charge in [0.15, 0.2) is 0 Å². The first kappa shape index (κ1) is 17.7. The van der Waals surface area contributed by atoms with Crippen molar-refractivity contribution >= 4 is 17.8 Å². The van der Waals surface area contributed by atoms with E-state index >= 15 is 0 Å². The monoisotopic (exact) mass is 359 g/mol. The summed E-state index contributed by atoms with van der Waals surface area (Å²) in [6.07, 6.45) is 1.50. The van der Waals surface area contributed by atoms with Gasteiger partial charge in [0.1, 0.15) is 23.7 Å². The Labute approximate surface area is 149 Å². The molecule has 1 N–H and O–H groups in total. The lowest BCUT2D eigenvalue weighted by Crippen LogP contribution is -2.43. The predicted molar refractivity (Wildman–Crippen MR) is 89.2 cm³/mol. The van der Waals surface area contributed by atoms with Gasteiger partial charge in [0.25, 0.3) is 5.91 Å². The second-order valence-electron chi connectivity index (χ2n) is 6.28. The summed E-state index contributed by atoms with van der Waals surface area (Å²) in [5.41, 5.74) is -0.902. The zero-order valence-corrected chi connectivity index (χ0v) is 14.4. The third kappa shape index (κ3) is 3.17. The maximum atomic E-state index is 13.1. The van der Waals surface area contributed by atoms with E-state index in [0.717, 1.165) is 4.90 Å². The van der Waals surface area contributed by atoms with Crippen molar-refractivity contribution in [1.29, 1.82) is 0 Å². The molecule has 1 atom stereocenters. The highest BCUT2D eigenvalue weighted by Crippen LogP contribution is 2.28. The van der Waals surface area contributed by atoms with Gasteiger partial charge in [0, 0.05) is 7.05 Å². The molecule has 1 fully saturated rings. The minimum atomic E-state index is -1.34. The first-order valence-corrected chi connectivity index (χ1v) is 7.98. The first-order valence-electron chi connectivity index (χ1n) is 7.98. The van der Waals surface area contributed by atoms with Crippen LogP contribution in [0.1, 0.15) is 18.2 Å². The number of nitrogens with zero attached hydrogens (tertiary/aromatic N) is 2. The van der Waals surface area contributed by atoms with Crippen LogP contribution in [-0.4, -0.2) is 41.2 Å². The Kier molecular flexibility index (Phi) is 4.50. The molecule has 2 aromatic rings. The minimum absolute atomic E-state index is 0.227. The smallest absolute Gasteiger partial charge is 0.325 e. The van der Waals surface area contributed by atoms with Gasteiger partial charge in [-0.2, -0.15) is 0 Å². The summed E-state index contributed by atoms with van der Waals surface area (Å²) >= 11 is 0. The van der Waals surface area contributed by atoms with Crippen molar-refractivity contribution < 1.29 is 23.2 Å². The SMILES string of the molecule is CN(Cc1ccco1)C(=O)CN1C(=O)N[C@](C)(c2ccc(F)cc2)C1=O. The molecule has 136 valence electrons. The van der Waals surface area contributed by atoms with Crippen LogP contribution >= 0.6 is 0 Å². The van der Waals surface area contributed by atoms with Crippen molar-refractivity contribution in [2.45, 2.75) is 19.0 Å². The van der Waals surface area contributed by atoms with Crippen LogP contribution in [0.25, 0.3) is 0 Å². The van der Waals surface area contributed by atoms with Crippen molar-refractivity contribution in [3.05, 3.63) is 59.8 Å². The van der Waals surface area contributed by atoms with Crippen LogP contribution in [0, 0.1) is 5.82 Å². The highest BCUT2D eigenvalue weighted by Gasteiger charge is 2.49. The number of carbonyl (C=O) groups is 3. The fraction of sp³-hybridized carbons (Fsp3) is 0.278. The first-order chi connectivity index (χ1) is 12.3. The second kappa shape index (κ2) is 6.62. The molecule has 0 saturated carbocycles. The number of hydrogen-bond donors (Lipinski definition) is 1. The number of hydrogen-bond acceptors (Lipinski definition) is 4. The van der Waals surface area contributed by atoms with Gasteiger partial charge in [-0.1, -0.05) is 12.1 Å². The zero-order valence-electron chi connectivity index (χ0n) is 14.4. The van der Waals surface area contributed by atoms with Gasteiger partial charge in [-0.3, -0.25) is 14.5 Å². The fourth-order valence-electron chi connectivity index (χ4n) is 2.80. The lowest BCUT2D eigenvalue weighted by atomic mass is 9.92. The van der Waals surface area contributed by atoms with Gasteiger partial charge in [0.2, 0.25) is 5.91 Å². The summed E-state index contributed by atoms with van der Waals surface area (Å²) in [4.78, 5) is 39.6. The Hall–Kier alpha value is -3.16. The largest absolute Gasteiger partial charge is 0.467 e. The normalized spacial score (nSPS) is 19.6. The number of urea groups is 1.